The second kappa shape index (κ2) is 17.3. The predicted molar refractivity (Wildman–Crippen MR) is 209 cm³/mol. The molecule has 14 nitrogen and oxygen atoms in total. The highest BCUT2D eigenvalue weighted by atomic mass is 32.2. The van der Waals surface area contributed by atoms with E-state index >= 15 is 0 Å². The van der Waals surface area contributed by atoms with Gasteiger partial charge in [0.1, 0.15) is 23.1 Å². The number of benzene rings is 2. The first kappa shape index (κ1) is 39.2. The molecule has 6 rings (SSSR count). The van der Waals surface area contributed by atoms with Crippen LogP contribution in [0.25, 0.3) is 11.4 Å². The van der Waals surface area contributed by atoms with Crippen LogP contribution in [-0.4, -0.2) is 102 Å². The second-order valence-corrected chi connectivity index (χ2v) is 15.4. The van der Waals surface area contributed by atoms with Crippen LogP contribution in [0.2, 0.25) is 0 Å². The first-order chi connectivity index (χ1) is 26.4. The molecule has 1 saturated heterocycles. The third-order valence-electron chi connectivity index (χ3n) is 9.42. The third-order valence-corrected chi connectivity index (χ3v) is 10.7. The minimum absolute atomic E-state index is 0.0467. The molecule has 0 saturated carbocycles. The first-order valence-corrected chi connectivity index (χ1v) is 19.7. The summed E-state index contributed by atoms with van der Waals surface area (Å²) in [6.45, 7) is 7.03. The van der Waals surface area contributed by atoms with E-state index in [0.717, 1.165) is 28.2 Å². The van der Waals surface area contributed by atoms with Crippen LogP contribution in [0.4, 0.5) is 21.8 Å². The van der Waals surface area contributed by atoms with Gasteiger partial charge in [-0.1, -0.05) is 24.3 Å². The van der Waals surface area contributed by atoms with Crippen molar-refractivity contribution in [3.63, 3.8) is 0 Å². The number of nitrogens with zero attached hydrogens (tertiary/aromatic N) is 8. The number of anilines is 3. The Kier molecular flexibility index (Phi) is 12.4. The summed E-state index contributed by atoms with van der Waals surface area (Å²) in [4.78, 5) is 27.8. The number of piperazine rings is 1. The van der Waals surface area contributed by atoms with Gasteiger partial charge in [0.15, 0.2) is 11.6 Å². The predicted octanol–water partition coefficient (Wildman–Crippen LogP) is 5.26. The normalized spacial score (nSPS) is 15.1. The van der Waals surface area contributed by atoms with Gasteiger partial charge in [-0.05, 0) is 67.3 Å². The van der Waals surface area contributed by atoms with Crippen LogP contribution in [-0.2, 0) is 29.5 Å². The van der Waals surface area contributed by atoms with Crippen LogP contribution >= 0.6 is 0 Å². The van der Waals surface area contributed by atoms with Gasteiger partial charge in [-0.25, -0.2) is 27.8 Å². The molecule has 55 heavy (non-hydrogen) atoms. The molecule has 0 amide bonds. The molecule has 5 aromatic rings. The molecule has 0 radical (unpaired) electrons. The number of nitrogens with one attached hydrogen (secondary N) is 1. The fourth-order valence-electron chi connectivity index (χ4n) is 6.39. The van der Waals surface area contributed by atoms with Gasteiger partial charge in [0, 0.05) is 57.6 Å². The average molecular weight is 772 g/mol. The molecule has 1 aliphatic rings. The SMILES string of the molecule is COc1ccc(CN(Cc2ccc(OC)cc2)c2nc(C)nc(-c3cc(CCN4CCN(S(C)(=O)=O)CC4C)cnc3Nc3cnc(OC)c(F)c3)n2)cc1. The van der Waals surface area contributed by atoms with Crippen LogP contribution in [0.5, 0.6) is 17.4 Å². The number of methoxy groups -OCH3 is 3. The minimum Gasteiger partial charge on any atom is -0.497 e. The Balaban J connectivity index is 1.36. The zero-order chi connectivity index (χ0) is 39.1. The molecule has 1 aliphatic heterocycles. The van der Waals surface area contributed by atoms with E-state index in [1.165, 1.54) is 29.9 Å². The summed E-state index contributed by atoms with van der Waals surface area (Å²) in [7, 11) is 1.37. The molecule has 0 bridgehead atoms. The molecule has 1 N–H and O–H groups in total. The summed E-state index contributed by atoms with van der Waals surface area (Å²) in [6, 6.07) is 19.0. The monoisotopic (exact) mass is 771 g/mol. The van der Waals surface area contributed by atoms with E-state index in [1.54, 1.807) is 20.4 Å². The molecule has 290 valence electrons. The highest BCUT2D eigenvalue weighted by Gasteiger charge is 2.28. The van der Waals surface area contributed by atoms with E-state index in [2.05, 4.69) is 20.1 Å². The molecule has 0 aliphatic carbocycles. The number of pyridine rings is 2. The molecule has 0 spiro atoms. The van der Waals surface area contributed by atoms with Crippen LogP contribution in [0, 0.1) is 12.7 Å². The number of hydrogen-bond donors (Lipinski definition) is 1. The average Bonchev–Trinajstić information content (AvgIpc) is 3.17. The summed E-state index contributed by atoms with van der Waals surface area (Å²) in [5.41, 5.74) is 3.93. The molecule has 1 fully saturated rings. The lowest BCUT2D eigenvalue weighted by atomic mass is 10.1. The van der Waals surface area contributed by atoms with E-state index in [1.807, 2.05) is 68.4 Å². The van der Waals surface area contributed by atoms with Gasteiger partial charge in [-0.15, -0.1) is 0 Å². The van der Waals surface area contributed by atoms with Crippen molar-refractivity contribution in [2.24, 2.45) is 0 Å². The molecule has 1 unspecified atom stereocenters. The Morgan fingerprint density at radius 1 is 0.855 bits per heavy atom. The van der Waals surface area contributed by atoms with E-state index < -0.39 is 15.8 Å². The van der Waals surface area contributed by atoms with Gasteiger partial charge in [-0.3, -0.25) is 4.90 Å². The number of aromatic nitrogens is 5. The third kappa shape index (κ3) is 10.0. The molecule has 2 aromatic carbocycles. The Morgan fingerprint density at radius 3 is 2.07 bits per heavy atom. The second-order valence-electron chi connectivity index (χ2n) is 13.4. The maximum atomic E-state index is 14.7. The van der Waals surface area contributed by atoms with Gasteiger partial charge in [0.25, 0.3) is 0 Å². The van der Waals surface area contributed by atoms with Crippen molar-refractivity contribution in [2.75, 3.05) is 64.0 Å². The van der Waals surface area contributed by atoms with Crippen molar-refractivity contribution in [1.29, 1.82) is 0 Å². The van der Waals surface area contributed by atoms with Gasteiger partial charge in [0.2, 0.25) is 21.9 Å². The van der Waals surface area contributed by atoms with Crippen molar-refractivity contribution in [3.05, 3.63) is 101 Å². The lowest BCUT2D eigenvalue weighted by molar-refractivity contribution is 0.131. The zero-order valence-electron chi connectivity index (χ0n) is 31.9. The van der Waals surface area contributed by atoms with Crippen molar-refractivity contribution in [1.82, 2.24) is 34.1 Å². The number of sulfonamides is 1. The number of aryl methyl sites for hydroxylation is 1. The fourth-order valence-corrected chi connectivity index (χ4v) is 7.29. The first-order valence-electron chi connectivity index (χ1n) is 17.8. The Bertz CT molecular complexity index is 2140. The van der Waals surface area contributed by atoms with Crippen molar-refractivity contribution in [3.8, 4) is 28.8 Å². The lowest BCUT2D eigenvalue weighted by Gasteiger charge is -2.38. The molecular weight excluding hydrogens is 726 g/mol. The summed E-state index contributed by atoms with van der Waals surface area (Å²) in [6.07, 6.45) is 5.12. The minimum atomic E-state index is -3.26. The molecule has 16 heteroatoms. The number of ether oxygens (including phenoxy) is 3. The maximum Gasteiger partial charge on any atom is 0.250 e. The molecule has 4 heterocycles. The van der Waals surface area contributed by atoms with Gasteiger partial charge >= 0.3 is 0 Å². The van der Waals surface area contributed by atoms with Crippen molar-refractivity contribution in [2.45, 2.75) is 39.4 Å². The topological polar surface area (TPSA) is 148 Å². The zero-order valence-corrected chi connectivity index (χ0v) is 32.7. The van der Waals surface area contributed by atoms with Crippen LogP contribution < -0.4 is 24.4 Å². The van der Waals surface area contributed by atoms with Crippen LogP contribution in [0.3, 0.4) is 0 Å². The largest absolute Gasteiger partial charge is 0.497 e. The van der Waals surface area contributed by atoms with Gasteiger partial charge in [-0.2, -0.15) is 14.3 Å². The number of halogens is 1. The van der Waals surface area contributed by atoms with E-state index in [9.17, 15) is 12.8 Å². The summed E-state index contributed by atoms with van der Waals surface area (Å²) in [5.74, 6) is 2.52. The summed E-state index contributed by atoms with van der Waals surface area (Å²) < 4.78 is 56.4. The fraction of sp³-hybridized carbons (Fsp3) is 0.359. The Morgan fingerprint density at radius 2 is 1.51 bits per heavy atom. The summed E-state index contributed by atoms with van der Waals surface area (Å²) >= 11 is 0. The highest BCUT2D eigenvalue weighted by Crippen LogP contribution is 2.31. The highest BCUT2D eigenvalue weighted by molar-refractivity contribution is 7.88. The van der Waals surface area contributed by atoms with Crippen molar-refractivity contribution < 1.29 is 27.0 Å². The molecule has 3 aromatic heterocycles. The smallest absolute Gasteiger partial charge is 0.250 e. The lowest BCUT2D eigenvalue weighted by Crippen LogP contribution is -2.53. The van der Waals surface area contributed by atoms with Crippen LogP contribution in [0.15, 0.2) is 73.1 Å². The van der Waals surface area contributed by atoms with E-state index in [-0.39, 0.29) is 11.9 Å². The van der Waals surface area contributed by atoms with E-state index in [4.69, 9.17) is 34.1 Å². The van der Waals surface area contributed by atoms with Crippen molar-refractivity contribution >= 4 is 27.5 Å². The summed E-state index contributed by atoms with van der Waals surface area (Å²) in [5, 5.41) is 3.21. The molecule has 1 atom stereocenters. The van der Waals surface area contributed by atoms with E-state index in [0.29, 0.717) is 80.4 Å². The Hall–Kier alpha value is -5.45. The van der Waals surface area contributed by atoms with Gasteiger partial charge in [0.05, 0.1) is 45.0 Å². The van der Waals surface area contributed by atoms with Crippen LogP contribution in [0.1, 0.15) is 29.4 Å². The Labute approximate surface area is 321 Å². The van der Waals surface area contributed by atoms with Gasteiger partial charge < -0.3 is 24.4 Å². The maximum absolute atomic E-state index is 14.7. The standard InChI is InChI=1S/C39H46FN9O5S/c1-26-23-49(55(6,50)51)18-17-47(26)16-15-30-19-34(36(41-21-30)45-31-20-35(40)38(54-5)42-22-31)37-43-27(2)44-39(46-37)48(24-28-7-11-32(52-3)12-8-28)25-29-9-13-33(53-4)14-10-29/h7-14,19-22,26H,15-18,23-25H2,1-6H3,(H,41,45). The quantitative estimate of drug-likeness (QED) is 0.148. The molecular formula is C39H46FN9O5S. The number of hydrogen-bond acceptors (Lipinski definition) is 13. The number of rotatable bonds is 15.